The van der Waals surface area contributed by atoms with E-state index in [4.69, 9.17) is 0 Å². The second-order valence-corrected chi connectivity index (χ2v) is 4.30. The molecule has 0 radical (unpaired) electrons. The minimum Gasteiger partial charge on any atom is -0.350 e. The second kappa shape index (κ2) is 5.49. The van der Waals surface area contributed by atoms with Crippen molar-refractivity contribution in [1.29, 1.82) is 0 Å². The lowest BCUT2D eigenvalue weighted by molar-refractivity contribution is 0.0939. The highest BCUT2D eigenvalue weighted by molar-refractivity contribution is 5.94. The number of hydrogen-bond acceptors (Lipinski definition) is 2. The normalized spacial score (nSPS) is 12.1. The maximum atomic E-state index is 11.9. The van der Waals surface area contributed by atoms with Crippen LogP contribution in [0.3, 0.4) is 0 Å². The van der Waals surface area contributed by atoms with Gasteiger partial charge in [0.05, 0.1) is 6.33 Å². The Labute approximate surface area is 107 Å². The van der Waals surface area contributed by atoms with Crippen molar-refractivity contribution in [3.05, 3.63) is 48.5 Å². The van der Waals surface area contributed by atoms with Gasteiger partial charge in [-0.05, 0) is 37.6 Å². The van der Waals surface area contributed by atoms with Crippen LogP contribution in [-0.2, 0) is 0 Å². The van der Waals surface area contributed by atoms with E-state index in [-0.39, 0.29) is 11.9 Å². The number of benzene rings is 1. The number of imidazole rings is 1. The molecule has 1 aromatic heterocycles. The van der Waals surface area contributed by atoms with Gasteiger partial charge in [-0.2, -0.15) is 0 Å². The van der Waals surface area contributed by atoms with Crippen LogP contribution in [0.2, 0.25) is 0 Å². The van der Waals surface area contributed by atoms with Crippen LogP contribution >= 0.6 is 0 Å². The number of carbonyl (C=O) groups excluding carboxylic acids is 1. The quantitative estimate of drug-likeness (QED) is 0.896. The molecule has 1 heterocycles. The van der Waals surface area contributed by atoms with E-state index < -0.39 is 0 Å². The van der Waals surface area contributed by atoms with Gasteiger partial charge in [0.25, 0.3) is 5.91 Å². The van der Waals surface area contributed by atoms with E-state index in [0.29, 0.717) is 5.56 Å². The van der Waals surface area contributed by atoms with Gasteiger partial charge >= 0.3 is 0 Å². The Bertz CT molecular complexity index is 502. The van der Waals surface area contributed by atoms with Crippen LogP contribution in [0.4, 0.5) is 0 Å². The molecule has 0 fully saturated rings. The molecule has 1 aromatic carbocycles. The fourth-order valence-electron chi connectivity index (χ4n) is 1.61. The summed E-state index contributed by atoms with van der Waals surface area (Å²) in [5, 5.41) is 2.94. The first-order valence-electron chi connectivity index (χ1n) is 6.10. The SMILES string of the molecule is CC[C@H](C)NC(=O)c1ccc(-n2ccnc2)cc1. The summed E-state index contributed by atoms with van der Waals surface area (Å²) < 4.78 is 1.90. The Balaban J connectivity index is 2.10. The molecule has 4 heteroatoms. The van der Waals surface area contributed by atoms with Gasteiger partial charge in [-0.3, -0.25) is 4.79 Å². The number of aromatic nitrogens is 2. The lowest BCUT2D eigenvalue weighted by atomic mass is 10.1. The molecular weight excluding hydrogens is 226 g/mol. The van der Waals surface area contributed by atoms with Crippen molar-refractivity contribution < 1.29 is 4.79 Å². The van der Waals surface area contributed by atoms with Gasteiger partial charge in [0, 0.05) is 29.7 Å². The molecule has 0 unspecified atom stereocenters. The van der Waals surface area contributed by atoms with E-state index in [1.165, 1.54) is 0 Å². The first kappa shape index (κ1) is 12.4. The fourth-order valence-corrected chi connectivity index (χ4v) is 1.61. The summed E-state index contributed by atoms with van der Waals surface area (Å²) in [5.41, 5.74) is 1.67. The molecule has 94 valence electrons. The summed E-state index contributed by atoms with van der Waals surface area (Å²) in [5.74, 6) is -0.0264. The van der Waals surface area contributed by atoms with Gasteiger partial charge in [0.15, 0.2) is 0 Å². The smallest absolute Gasteiger partial charge is 0.251 e. The third-order valence-electron chi connectivity index (χ3n) is 2.92. The second-order valence-electron chi connectivity index (χ2n) is 4.30. The van der Waals surface area contributed by atoms with E-state index in [9.17, 15) is 4.79 Å². The first-order valence-corrected chi connectivity index (χ1v) is 6.10. The molecule has 4 nitrogen and oxygen atoms in total. The molecule has 1 atom stereocenters. The van der Waals surface area contributed by atoms with Crippen molar-refractivity contribution in [2.24, 2.45) is 0 Å². The van der Waals surface area contributed by atoms with Gasteiger partial charge < -0.3 is 9.88 Å². The largest absolute Gasteiger partial charge is 0.350 e. The van der Waals surface area contributed by atoms with Crippen LogP contribution in [0.25, 0.3) is 5.69 Å². The van der Waals surface area contributed by atoms with Gasteiger partial charge in [-0.1, -0.05) is 6.92 Å². The van der Waals surface area contributed by atoms with Gasteiger partial charge in [-0.25, -0.2) is 4.98 Å². The van der Waals surface area contributed by atoms with Crippen LogP contribution in [-0.4, -0.2) is 21.5 Å². The maximum absolute atomic E-state index is 11.9. The van der Waals surface area contributed by atoms with Gasteiger partial charge in [0.2, 0.25) is 0 Å². The minimum atomic E-state index is -0.0264. The Morgan fingerprint density at radius 3 is 2.67 bits per heavy atom. The van der Waals surface area contributed by atoms with Crippen molar-refractivity contribution in [2.45, 2.75) is 26.3 Å². The molecule has 0 spiro atoms. The summed E-state index contributed by atoms with van der Waals surface area (Å²) >= 11 is 0. The van der Waals surface area contributed by atoms with Gasteiger partial charge in [-0.15, -0.1) is 0 Å². The van der Waals surface area contributed by atoms with Crippen molar-refractivity contribution in [2.75, 3.05) is 0 Å². The van der Waals surface area contributed by atoms with Crippen molar-refractivity contribution >= 4 is 5.91 Å². The van der Waals surface area contributed by atoms with Crippen LogP contribution in [0.5, 0.6) is 0 Å². The Morgan fingerprint density at radius 1 is 1.39 bits per heavy atom. The zero-order chi connectivity index (χ0) is 13.0. The summed E-state index contributed by atoms with van der Waals surface area (Å²) in [7, 11) is 0. The summed E-state index contributed by atoms with van der Waals surface area (Å²) in [6.07, 6.45) is 6.25. The molecule has 1 amide bonds. The Kier molecular flexibility index (Phi) is 3.77. The van der Waals surface area contributed by atoms with Crippen LogP contribution in [0.15, 0.2) is 43.0 Å². The topological polar surface area (TPSA) is 46.9 Å². The molecule has 0 aliphatic heterocycles. The highest BCUT2D eigenvalue weighted by Crippen LogP contribution is 2.09. The number of rotatable bonds is 4. The van der Waals surface area contributed by atoms with Crippen molar-refractivity contribution in [1.82, 2.24) is 14.9 Å². The minimum absolute atomic E-state index is 0.0264. The highest BCUT2D eigenvalue weighted by atomic mass is 16.1. The summed E-state index contributed by atoms with van der Waals surface area (Å²) in [6.45, 7) is 4.05. The number of nitrogens with zero attached hydrogens (tertiary/aromatic N) is 2. The molecule has 0 saturated carbocycles. The molecule has 0 aliphatic rings. The number of carbonyl (C=O) groups is 1. The lowest BCUT2D eigenvalue weighted by Gasteiger charge is -2.11. The third kappa shape index (κ3) is 2.77. The lowest BCUT2D eigenvalue weighted by Crippen LogP contribution is -2.31. The van der Waals surface area contributed by atoms with E-state index in [1.807, 2.05) is 48.9 Å². The summed E-state index contributed by atoms with van der Waals surface area (Å²) in [4.78, 5) is 15.9. The molecule has 2 rings (SSSR count). The molecule has 18 heavy (non-hydrogen) atoms. The van der Waals surface area contributed by atoms with Crippen molar-refractivity contribution in [3.8, 4) is 5.69 Å². The Hall–Kier alpha value is -2.10. The predicted octanol–water partition coefficient (Wildman–Crippen LogP) is 2.40. The summed E-state index contributed by atoms with van der Waals surface area (Å²) in [6, 6.07) is 7.67. The first-order chi connectivity index (χ1) is 8.70. The van der Waals surface area contributed by atoms with Crippen molar-refractivity contribution in [3.63, 3.8) is 0 Å². The fraction of sp³-hybridized carbons (Fsp3) is 0.286. The number of nitrogens with one attached hydrogen (secondary N) is 1. The molecule has 0 saturated heterocycles. The van der Waals surface area contributed by atoms with Crippen LogP contribution in [0, 0.1) is 0 Å². The maximum Gasteiger partial charge on any atom is 0.251 e. The van der Waals surface area contributed by atoms with E-state index in [0.717, 1.165) is 12.1 Å². The van der Waals surface area contributed by atoms with E-state index in [1.54, 1.807) is 12.5 Å². The average Bonchev–Trinajstić information content (AvgIpc) is 2.92. The number of hydrogen-bond donors (Lipinski definition) is 1. The van der Waals surface area contributed by atoms with Gasteiger partial charge in [0.1, 0.15) is 0 Å². The molecular formula is C14H17N3O. The van der Waals surface area contributed by atoms with Crippen LogP contribution < -0.4 is 5.32 Å². The number of amides is 1. The Morgan fingerprint density at radius 2 is 2.11 bits per heavy atom. The monoisotopic (exact) mass is 243 g/mol. The standard InChI is InChI=1S/C14H17N3O/c1-3-11(2)16-14(18)12-4-6-13(7-5-12)17-9-8-15-10-17/h4-11H,3H2,1-2H3,(H,16,18)/t11-/m0/s1. The average molecular weight is 243 g/mol. The predicted molar refractivity (Wildman–Crippen MR) is 70.8 cm³/mol. The molecule has 0 aliphatic carbocycles. The van der Waals surface area contributed by atoms with Crippen LogP contribution in [0.1, 0.15) is 30.6 Å². The highest BCUT2D eigenvalue weighted by Gasteiger charge is 2.08. The molecule has 2 aromatic rings. The third-order valence-corrected chi connectivity index (χ3v) is 2.92. The molecule has 1 N–H and O–H groups in total. The zero-order valence-corrected chi connectivity index (χ0v) is 10.6. The van der Waals surface area contributed by atoms with E-state index >= 15 is 0 Å². The molecule has 0 bridgehead atoms. The zero-order valence-electron chi connectivity index (χ0n) is 10.6. The van der Waals surface area contributed by atoms with E-state index in [2.05, 4.69) is 10.3 Å².